The highest BCUT2D eigenvalue weighted by molar-refractivity contribution is 6.53. The van der Waals surface area contributed by atoms with E-state index in [0.717, 1.165) is 16.0 Å². The molecule has 0 aliphatic carbocycles. The minimum Gasteiger partial charge on any atom is -0.497 e. The Bertz CT molecular complexity index is 1380. The largest absolute Gasteiger partial charge is 0.497 e. The molecular formula is C26H21Cl2N3O4. The van der Waals surface area contributed by atoms with E-state index in [0.29, 0.717) is 33.4 Å². The lowest BCUT2D eigenvalue weighted by Gasteiger charge is -2.16. The van der Waals surface area contributed by atoms with Crippen LogP contribution in [0.4, 0.5) is 17.1 Å². The number of anilines is 3. The van der Waals surface area contributed by atoms with Crippen molar-refractivity contribution < 1.29 is 19.1 Å². The first-order valence-electron chi connectivity index (χ1n) is 10.6. The number of carbonyl (C=O) groups excluding carboxylic acids is 3. The van der Waals surface area contributed by atoms with Gasteiger partial charge in [-0.05, 0) is 73.5 Å². The highest BCUT2D eigenvalue weighted by atomic mass is 35.5. The Hall–Kier alpha value is -3.81. The van der Waals surface area contributed by atoms with E-state index in [2.05, 4.69) is 10.6 Å². The third-order valence-electron chi connectivity index (χ3n) is 5.57. The molecule has 4 rings (SSSR count). The van der Waals surface area contributed by atoms with E-state index < -0.39 is 11.8 Å². The molecule has 3 aromatic rings. The molecule has 178 valence electrons. The van der Waals surface area contributed by atoms with Gasteiger partial charge in [0.15, 0.2) is 0 Å². The average Bonchev–Trinajstić information content (AvgIpc) is 3.05. The summed E-state index contributed by atoms with van der Waals surface area (Å²) in [7, 11) is 1.52. The molecule has 0 atom stereocenters. The number of ether oxygens (including phenoxy) is 1. The van der Waals surface area contributed by atoms with E-state index in [1.54, 1.807) is 54.6 Å². The molecule has 0 saturated heterocycles. The molecule has 1 heterocycles. The number of imide groups is 1. The molecule has 9 heteroatoms. The number of halogens is 2. The van der Waals surface area contributed by atoms with Crippen molar-refractivity contribution in [1.82, 2.24) is 0 Å². The Labute approximate surface area is 212 Å². The quantitative estimate of drug-likeness (QED) is 0.419. The van der Waals surface area contributed by atoms with Gasteiger partial charge >= 0.3 is 0 Å². The van der Waals surface area contributed by atoms with Gasteiger partial charge in [-0.25, -0.2) is 4.90 Å². The van der Waals surface area contributed by atoms with Crippen LogP contribution in [0.2, 0.25) is 5.02 Å². The molecule has 35 heavy (non-hydrogen) atoms. The molecule has 0 unspecified atom stereocenters. The Morgan fingerprint density at radius 2 is 1.51 bits per heavy atom. The average molecular weight is 510 g/mol. The Kier molecular flexibility index (Phi) is 6.82. The summed E-state index contributed by atoms with van der Waals surface area (Å²) in [6.45, 7) is 3.67. The van der Waals surface area contributed by atoms with Crippen molar-refractivity contribution in [1.29, 1.82) is 0 Å². The van der Waals surface area contributed by atoms with E-state index in [4.69, 9.17) is 27.9 Å². The minimum absolute atomic E-state index is 0.0705. The zero-order valence-corrected chi connectivity index (χ0v) is 20.6. The van der Waals surface area contributed by atoms with Crippen LogP contribution in [0.25, 0.3) is 0 Å². The van der Waals surface area contributed by atoms with Crippen molar-refractivity contribution in [3.05, 3.63) is 93.1 Å². The number of nitrogens with one attached hydrogen (secondary N) is 2. The third kappa shape index (κ3) is 4.87. The summed E-state index contributed by atoms with van der Waals surface area (Å²) in [4.78, 5) is 39.7. The first-order valence-corrected chi connectivity index (χ1v) is 11.3. The lowest BCUT2D eigenvalue weighted by molar-refractivity contribution is -0.120. The first-order chi connectivity index (χ1) is 16.7. The number of hydrogen-bond acceptors (Lipinski definition) is 5. The minimum atomic E-state index is -0.646. The summed E-state index contributed by atoms with van der Waals surface area (Å²) in [5.41, 5.74) is 3.30. The molecule has 0 spiro atoms. The molecule has 2 N–H and O–H groups in total. The molecule has 0 bridgehead atoms. The van der Waals surface area contributed by atoms with Crippen molar-refractivity contribution in [3.63, 3.8) is 0 Å². The van der Waals surface area contributed by atoms with Crippen molar-refractivity contribution in [2.75, 3.05) is 22.6 Å². The van der Waals surface area contributed by atoms with Crippen molar-refractivity contribution >= 4 is 58.0 Å². The molecule has 0 radical (unpaired) electrons. The van der Waals surface area contributed by atoms with Crippen LogP contribution in [-0.2, 0) is 9.59 Å². The van der Waals surface area contributed by atoms with Crippen molar-refractivity contribution in [2.24, 2.45) is 0 Å². The predicted molar refractivity (Wildman–Crippen MR) is 137 cm³/mol. The van der Waals surface area contributed by atoms with E-state index >= 15 is 0 Å². The Balaban J connectivity index is 1.58. The second-order valence-electron chi connectivity index (χ2n) is 7.90. The lowest BCUT2D eigenvalue weighted by Crippen LogP contribution is -2.32. The number of nitrogens with zero attached hydrogens (tertiary/aromatic N) is 1. The zero-order chi connectivity index (χ0) is 25.3. The maximum absolute atomic E-state index is 13.1. The highest BCUT2D eigenvalue weighted by Crippen LogP contribution is 2.32. The SMILES string of the molecule is COc1ccc(N2C(=O)C(Cl)=C(Nc3cc(C(=O)Nc4cc(Cl)ccc4C)ccc3C)C2=O)cc1. The first kappa shape index (κ1) is 24.3. The van der Waals surface area contributed by atoms with Gasteiger partial charge in [0.25, 0.3) is 17.7 Å². The standard InChI is InChI=1S/C26H21Cl2N3O4/c1-14-4-6-16(24(32)30-21-13-17(27)7-5-15(21)2)12-20(14)29-23-22(28)25(33)31(26(23)34)18-8-10-19(35-3)11-9-18/h4-13,29H,1-3H3,(H,30,32). The van der Waals surface area contributed by atoms with Crippen LogP contribution in [0.3, 0.4) is 0 Å². The van der Waals surface area contributed by atoms with Crippen LogP contribution >= 0.6 is 23.2 Å². The number of carbonyl (C=O) groups is 3. The van der Waals surface area contributed by atoms with Gasteiger partial charge in [-0.15, -0.1) is 0 Å². The van der Waals surface area contributed by atoms with Gasteiger partial charge in [0.05, 0.1) is 12.8 Å². The number of amides is 3. The maximum atomic E-state index is 13.1. The summed E-state index contributed by atoms with van der Waals surface area (Å²) < 4.78 is 5.12. The molecule has 3 aromatic carbocycles. The van der Waals surface area contributed by atoms with Crippen LogP contribution in [0.15, 0.2) is 71.4 Å². The fourth-order valence-corrected chi connectivity index (χ4v) is 3.92. The lowest BCUT2D eigenvalue weighted by atomic mass is 10.1. The number of benzene rings is 3. The van der Waals surface area contributed by atoms with Gasteiger partial charge in [-0.1, -0.05) is 35.3 Å². The van der Waals surface area contributed by atoms with Gasteiger partial charge in [-0.2, -0.15) is 0 Å². The van der Waals surface area contributed by atoms with Gasteiger partial charge < -0.3 is 15.4 Å². The van der Waals surface area contributed by atoms with Gasteiger partial charge in [0, 0.05) is 22.0 Å². The summed E-state index contributed by atoms with van der Waals surface area (Å²) in [5.74, 6) is -1.02. The molecule has 1 aliphatic heterocycles. The predicted octanol–water partition coefficient (Wildman–Crippen LogP) is 5.65. The van der Waals surface area contributed by atoms with Gasteiger partial charge in [0.1, 0.15) is 16.5 Å². The second kappa shape index (κ2) is 9.82. The van der Waals surface area contributed by atoms with Crippen LogP contribution in [0.1, 0.15) is 21.5 Å². The normalized spacial score (nSPS) is 13.3. The maximum Gasteiger partial charge on any atom is 0.283 e. The van der Waals surface area contributed by atoms with E-state index in [1.165, 1.54) is 7.11 Å². The van der Waals surface area contributed by atoms with Crippen molar-refractivity contribution in [2.45, 2.75) is 13.8 Å². The van der Waals surface area contributed by atoms with Crippen LogP contribution < -0.4 is 20.3 Å². The second-order valence-corrected chi connectivity index (χ2v) is 8.72. The molecular weight excluding hydrogens is 489 g/mol. The Morgan fingerprint density at radius 3 is 2.20 bits per heavy atom. The molecule has 0 aromatic heterocycles. The zero-order valence-electron chi connectivity index (χ0n) is 19.1. The Morgan fingerprint density at radius 1 is 0.857 bits per heavy atom. The number of hydrogen-bond donors (Lipinski definition) is 2. The van der Waals surface area contributed by atoms with Gasteiger partial charge in [-0.3, -0.25) is 14.4 Å². The van der Waals surface area contributed by atoms with E-state index in [-0.39, 0.29) is 16.6 Å². The van der Waals surface area contributed by atoms with Crippen molar-refractivity contribution in [3.8, 4) is 5.75 Å². The monoisotopic (exact) mass is 509 g/mol. The fraction of sp³-hybridized carbons (Fsp3) is 0.115. The summed E-state index contributed by atoms with van der Waals surface area (Å²) in [5, 5.41) is 6.06. The van der Waals surface area contributed by atoms with Gasteiger partial charge in [0.2, 0.25) is 0 Å². The highest BCUT2D eigenvalue weighted by Gasteiger charge is 2.39. The summed E-state index contributed by atoms with van der Waals surface area (Å²) >= 11 is 12.3. The molecule has 0 saturated carbocycles. The molecule has 3 amide bonds. The molecule has 0 fully saturated rings. The number of rotatable bonds is 6. The van der Waals surface area contributed by atoms with E-state index in [9.17, 15) is 14.4 Å². The number of aryl methyl sites for hydroxylation is 2. The molecule has 7 nitrogen and oxygen atoms in total. The summed E-state index contributed by atoms with van der Waals surface area (Å²) in [6, 6.07) is 16.7. The van der Waals surface area contributed by atoms with Crippen LogP contribution in [0, 0.1) is 13.8 Å². The number of methoxy groups -OCH3 is 1. The fourth-order valence-electron chi connectivity index (χ4n) is 3.53. The van der Waals surface area contributed by atoms with Crippen LogP contribution in [0.5, 0.6) is 5.75 Å². The van der Waals surface area contributed by atoms with E-state index in [1.807, 2.05) is 19.9 Å². The summed E-state index contributed by atoms with van der Waals surface area (Å²) in [6.07, 6.45) is 0. The smallest absolute Gasteiger partial charge is 0.283 e. The topological polar surface area (TPSA) is 87.7 Å². The third-order valence-corrected chi connectivity index (χ3v) is 6.15. The van der Waals surface area contributed by atoms with Crippen LogP contribution in [-0.4, -0.2) is 24.8 Å². The molecule has 1 aliphatic rings.